The Kier molecular flexibility index (Phi) is 14.6. The molecule has 1 spiro atoms. The number of aldehydes is 1. The van der Waals surface area contributed by atoms with E-state index < -0.39 is 146 Å². The molecule has 21 nitrogen and oxygen atoms in total. The molecule has 5 heterocycles. The van der Waals surface area contributed by atoms with Crippen LogP contribution in [0.5, 0.6) is 0 Å². The van der Waals surface area contributed by atoms with Gasteiger partial charge < -0.3 is 104 Å². The van der Waals surface area contributed by atoms with E-state index in [4.69, 9.17) is 42.6 Å². The zero-order chi connectivity index (χ0) is 52.7. The molecular weight excluding hydrogens is 961 g/mol. The molecule has 29 atom stereocenters. The molecule has 11 N–H and O–H groups in total. The third-order valence-electron chi connectivity index (χ3n) is 21.9. The number of carbonyl (C=O) groups excluding carboxylic acids is 1. The summed E-state index contributed by atoms with van der Waals surface area (Å²) in [5.74, 6) is 0.628. The van der Waals surface area contributed by atoms with Crippen LogP contribution >= 0.6 is 0 Å². The van der Waals surface area contributed by atoms with E-state index in [0.29, 0.717) is 25.4 Å². The van der Waals surface area contributed by atoms with Gasteiger partial charge in [0.05, 0.1) is 50.3 Å². The van der Waals surface area contributed by atoms with E-state index in [1.54, 1.807) is 0 Å². The lowest BCUT2D eigenvalue weighted by Crippen LogP contribution is -2.74. The Morgan fingerprint density at radius 3 is 1.96 bits per heavy atom. The van der Waals surface area contributed by atoms with Crippen molar-refractivity contribution in [1.82, 2.24) is 0 Å². The Morgan fingerprint density at radius 2 is 1.25 bits per heavy atom. The van der Waals surface area contributed by atoms with Crippen LogP contribution in [0, 0.1) is 50.2 Å². The Morgan fingerprint density at radius 1 is 0.589 bits per heavy atom. The maximum atomic E-state index is 12.5. The number of fused-ring (bicyclic) bond motifs is 4. The second-order valence-corrected chi connectivity index (χ2v) is 25.8. The SMILES string of the molecule is C[C@@H]1O[C@@H](O[C@H]2[C@H](O)[C@@H](CO)OC(O[C@H]3CO[C@@H](O[C@H]4CC[C@@]5(C)C(CC[C@]6(C)C5CC[C@]57OC[C@@]8(CC[C@](C)(C=O)CC85)[C@H](O)C[C@]76C)C4(C)C)[C@H](O)[C@H]3O)[C@@H]2O[C@@H]2OC[C@@H](O)[C@H](O)[C@H]2O)[C@H](O)[C@H](O)[C@H]1O. The van der Waals surface area contributed by atoms with Crippen LogP contribution in [-0.2, 0) is 47.4 Å². The molecule has 5 aliphatic heterocycles. The first kappa shape index (κ1) is 55.2. The summed E-state index contributed by atoms with van der Waals surface area (Å²) >= 11 is 0. The van der Waals surface area contributed by atoms with Crippen LogP contribution in [0.15, 0.2) is 0 Å². The minimum absolute atomic E-state index is 0.105. The number of aliphatic hydroxyl groups excluding tert-OH is 11. The topological polar surface area (TPSA) is 323 Å². The molecular formula is C52H84O21. The first-order valence-corrected chi connectivity index (χ1v) is 26.9. The Balaban J connectivity index is 0.840. The molecule has 0 amide bonds. The third-order valence-corrected chi connectivity index (χ3v) is 21.9. The lowest BCUT2D eigenvalue weighted by atomic mass is 9.30. The predicted octanol–water partition coefficient (Wildman–Crippen LogP) is -0.866. The molecule has 0 radical (unpaired) electrons. The average molecular weight is 1050 g/mol. The molecule has 5 saturated heterocycles. The van der Waals surface area contributed by atoms with Gasteiger partial charge in [0.1, 0.15) is 85.6 Å². The van der Waals surface area contributed by atoms with Crippen molar-refractivity contribution in [2.24, 2.45) is 50.2 Å². The van der Waals surface area contributed by atoms with E-state index in [9.17, 15) is 61.0 Å². The number of ether oxygens (including phenoxy) is 9. The molecule has 418 valence electrons. The van der Waals surface area contributed by atoms with Gasteiger partial charge in [-0.3, -0.25) is 0 Å². The van der Waals surface area contributed by atoms with Crippen LogP contribution in [-0.4, -0.2) is 217 Å². The first-order chi connectivity index (χ1) is 34.3. The normalized spacial score (nSPS) is 58.7. The lowest BCUT2D eigenvalue weighted by Gasteiger charge is -2.75. The minimum Gasteiger partial charge on any atom is -0.394 e. The van der Waals surface area contributed by atoms with Gasteiger partial charge in [-0.15, -0.1) is 0 Å². The fourth-order valence-electron chi connectivity index (χ4n) is 17.3. The van der Waals surface area contributed by atoms with Crippen molar-refractivity contribution in [1.29, 1.82) is 0 Å². The number of hydrogen-bond acceptors (Lipinski definition) is 21. The van der Waals surface area contributed by atoms with Crippen molar-refractivity contribution in [3.8, 4) is 0 Å². The van der Waals surface area contributed by atoms with Gasteiger partial charge in [0, 0.05) is 16.2 Å². The maximum Gasteiger partial charge on any atom is 0.187 e. The number of hydrogen-bond donors (Lipinski definition) is 11. The van der Waals surface area contributed by atoms with Gasteiger partial charge in [0.15, 0.2) is 25.2 Å². The fourth-order valence-corrected chi connectivity index (χ4v) is 17.3. The zero-order valence-corrected chi connectivity index (χ0v) is 43.3. The van der Waals surface area contributed by atoms with Crippen LogP contribution in [0.2, 0.25) is 0 Å². The highest BCUT2D eigenvalue weighted by Gasteiger charge is 2.80. The predicted molar refractivity (Wildman–Crippen MR) is 249 cm³/mol. The molecule has 73 heavy (non-hydrogen) atoms. The second kappa shape index (κ2) is 19.3. The van der Waals surface area contributed by atoms with Crippen molar-refractivity contribution in [3.05, 3.63) is 0 Å². The van der Waals surface area contributed by atoms with Crippen LogP contribution < -0.4 is 0 Å². The summed E-state index contributed by atoms with van der Waals surface area (Å²) in [4.78, 5) is 12.5. The van der Waals surface area contributed by atoms with Crippen LogP contribution in [0.3, 0.4) is 0 Å². The van der Waals surface area contributed by atoms with Gasteiger partial charge >= 0.3 is 0 Å². The molecule has 5 saturated carbocycles. The van der Waals surface area contributed by atoms with E-state index in [-0.39, 0.29) is 46.2 Å². The molecule has 21 heteroatoms. The molecule has 10 aliphatic rings. The lowest BCUT2D eigenvalue weighted by molar-refractivity contribution is -0.397. The molecule has 5 aliphatic carbocycles. The van der Waals surface area contributed by atoms with Crippen LogP contribution in [0.4, 0.5) is 0 Å². The van der Waals surface area contributed by atoms with Crippen molar-refractivity contribution < 1.29 is 104 Å². The highest BCUT2D eigenvalue weighted by molar-refractivity contribution is 5.59. The van der Waals surface area contributed by atoms with Crippen molar-refractivity contribution in [2.75, 3.05) is 26.4 Å². The van der Waals surface area contributed by atoms with E-state index in [1.165, 1.54) is 6.92 Å². The molecule has 0 aromatic rings. The molecule has 2 bridgehead atoms. The molecule has 0 aromatic heterocycles. The summed E-state index contributed by atoms with van der Waals surface area (Å²) in [7, 11) is 0. The standard InChI is InChI=1S/C52H84O21/c1-23-32(57)36(61)39(64)44(68-23)72-40-35(60)25(18-53)69-45(41(40)73-43-37(62)33(58)24(55)19-65-43)70-26-20-66-42(38(63)34(26)59)71-31-10-11-48(5)27(46(31,2)3)8-12-49(6)28(48)9-13-52-29-16-47(4,21-54)14-15-51(29,22-67-52)30(56)17-50(49,52)7/h21,23-45,53,55-64H,8-20,22H2,1-7H3/t23-,24+,25+,26-,27?,28?,29?,30+,31-,32-,33-,34-,35+,36+,37+,38+,39+,40-,41+,42-,43-,44-,45?,47-,48-,49+,50-,51+,52-/m0/s1. The average Bonchev–Trinajstić information content (AvgIpc) is 3.64. The summed E-state index contributed by atoms with van der Waals surface area (Å²) in [6.07, 6.45) is -20.6. The van der Waals surface area contributed by atoms with Crippen molar-refractivity contribution >= 4 is 6.29 Å². The van der Waals surface area contributed by atoms with E-state index in [0.717, 1.165) is 57.7 Å². The third kappa shape index (κ3) is 8.25. The van der Waals surface area contributed by atoms with Crippen molar-refractivity contribution in [3.63, 3.8) is 0 Å². The maximum absolute atomic E-state index is 12.5. The van der Waals surface area contributed by atoms with Crippen LogP contribution in [0.1, 0.15) is 113 Å². The first-order valence-electron chi connectivity index (χ1n) is 26.9. The summed E-state index contributed by atoms with van der Waals surface area (Å²) in [5.41, 5.74) is -2.19. The van der Waals surface area contributed by atoms with Gasteiger partial charge in [0.2, 0.25) is 0 Å². The van der Waals surface area contributed by atoms with Gasteiger partial charge in [-0.05, 0) is 105 Å². The number of aliphatic hydroxyl groups is 11. The van der Waals surface area contributed by atoms with Gasteiger partial charge in [-0.25, -0.2) is 0 Å². The highest BCUT2D eigenvalue weighted by Crippen LogP contribution is 2.80. The monoisotopic (exact) mass is 1040 g/mol. The summed E-state index contributed by atoms with van der Waals surface area (Å²) in [6.45, 7) is 14.1. The minimum atomic E-state index is -1.85. The quantitative estimate of drug-likeness (QED) is 0.0936. The molecule has 4 unspecified atom stereocenters. The Labute approximate surface area is 426 Å². The fraction of sp³-hybridized carbons (Fsp3) is 0.981. The highest BCUT2D eigenvalue weighted by atomic mass is 16.8. The smallest absolute Gasteiger partial charge is 0.187 e. The molecule has 10 rings (SSSR count). The molecule has 0 aromatic carbocycles. The zero-order valence-electron chi connectivity index (χ0n) is 43.3. The Bertz CT molecular complexity index is 2000. The second-order valence-electron chi connectivity index (χ2n) is 25.8. The van der Waals surface area contributed by atoms with Gasteiger partial charge in [-0.1, -0.05) is 41.5 Å². The largest absolute Gasteiger partial charge is 0.394 e. The van der Waals surface area contributed by atoms with Crippen LogP contribution in [0.25, 0.3) is 0 Å². The van der Waals surface area contributed by atoms with E-state index in [1.807, 2.05) is 0 Å². The Hall–Kier alpha value is -1.13. The number of rotatable bonds is 10. The summed E-state index contributed by atoms with van der Waals surface area (Å²) in [5, 5.41) is 121. The van der Waals surface area contributed by atoms with E-state index in [2.05, 4.69) is 41.5 Å². The van der Waals surface area contributed by atoms with Gasteiger partial charge in [0.25, 0.3) is 0 Å². The number of carbonyl (C=O) groups is 1. The van der Waals surface area contributed by atoms with Gasteiger partial charge in [-0.2, -0.15) is 0 Å². The summed E-state index contributed by atoms with van der Waals surface area (Å²) < 4.78 is 55.5. The molecule has 10 fully saturated rings. The summed E-state index contributed by atoms with van der Waals surface area (Å²) in [6, 6.07) is 0. The van der Waals surface area contributed by atoms with E-state index >= 15 is 0 Å². The van der Waals surface area contributed by atoms with Crippen molar-refractivity contribution in [2.45, 2.75) is 241 Å².